The van der Waals surface area contributed by atoms with Crippen LogP contribution < -0.4 is 10.2 Å². The van der Waals surface area contributed by atoms with Crippen molar-refractivity contribution in [2.24, 2.45) is 0 Å². The minimum Gasteiger partial charge on any atom is -0.355 e. The van der Waals surface area contributed by atoms with E-state index in [9.17, 15) is 8.78 Å². The van der Waals surface area contributed by atoms with Crippen LogP contribution >= 0.6 is 0 Å². The van der Waals surface area contributed by atoms with E-state index in [1.54, 1.807) is 6.20 Å². The fourth-order valence-corrected chi connectivity index (χ4v) is 3.99. The average Bonchev–Trinajstić information content (AvgIpc) is 3.10. The Morgan fingerprint density at radius 2 is 2.04 bits per heavy atom. The first-order chi connectivity index (χ1) is 13.1. The Kier molecular flexibility index (Phi) is 3.78. The van der Waals surface area contributed by atoms with Gasteiger partial charge in [0.1, 0.15) is 23.5 Å². The zero-order valence-electron chi connectivity index (χ0n) is 14.6. The fourth-order valence-electron chi connectivity index (χ4n) is 3.99. The summed E-state index contributed by atoms with van der Waals surface area (Å²) in [4.78, 5) is 15.3. The quantitative estimate of drug-likeness (QED) is 0.763. The molecule has 1 spiro atoms. The molecule has 0 radical (unpaired) electrons. The Morgan fingerprint density at radius 1 is 1.15 bits per heavy atom. The maximum absolute atomic E-state index is 13.0. The predicted molar refractivity (Wildman–Crippen MR) is 95.8 cm³/mol. The lowest BCUT2D eigenvalue weighted by Gasteiger charge is -2.50. The Labute approximate surface area is 154 Å². The van der Waals surface area contributed by atoms with E-state index >= 15 is 0 Å². The Hall–Kier alpha value is -2.68. The van der Waals surface area contributed by atoms with E-state index in [1.807, 2.05) is 6.07 Å². The van der Waals surface area contributed by atoms with Crippen LogP contribution in [0.1, 0.15) is 31.4 Å². The number of alkyl halides is 2. The summed E-state index contributed by atoms with van der Waals surface area (Å²) in [5.41, 5.74) is 1.62. The van der Waals surface area contributed by atoms with Gasteiger partial charge in [-0.2, -0.15) is 5.10 Å². The van der Waals surface area contributed by atoms with Gasteiger partial charge in [-0.15, -0.1) is 0 Å². The van der Waals surface area contributed by atoms with Gasteiger partial charge in [0.2, 0.25) is 0 Å². The van der Waals surface area contributed by atoms with Gasteiger partial charge in [0.05, 0.1) is 11.9 Å². The molecule has 0 saturated carbocycles. The Bertz CT molecular complexity index is 983. The largest absolute Gasteiger partial charge is 0.355 e. The number of anilines is 1. The number of halogens is 2. The third kappa shape index (κ3) is 2.82. The number of aromatic nitrogens is 5. The lowest BCUT2D eigenvalue weighted by molar-refractivity contribution is 0.144. The molecule has 1 atom stereocenters. The van der Waals surface area contributed by atoms with Gasteiger partial charge in [0.15, 0.2) is 5.65 Å². The monoisotopic (exact) mass is 371 g/mol. The molecule has 2 fully saturated rings. The minimum atomic E-state index is -2.63. The number of nitrogens with one attached hydrogen (secondary N) is 1. The topological polar surface area (TPSA) is 71.2 Å². The van der Waals surface area contributed by atoms with Crippen molar-refractivity contribution in [3.8, 4) is 11.4 Å². The van der Waals surface area contributed by atoms with Crippen LogP contribution in [-0.4, -0.2) is 49.7 Å². The SMILES string of the molecule is FC(F)c1ccc2ncc(-c3cc(N4CCCC5(CCN5)C4)ncn3)n2n1. The number of hydrogen-bond acceptors (Lipinski definition) is 6. The lowest BCUT2D eigenvalue weighted by atomic mass is 9.80. The molecule has 0 aromatic carbocycles. The van der Waals surface area contributed by atoms with Crippen LogP contribution in [-0.2, 0) is 0 Å². The first kappa shape index (κ1) is 16.5. The zero-order valence-corrected chi connectivity index (χ0v) is 14.6. The van der Waals surface area contributed by atoms with E-state index in [0.29, 0.717) is 17.0 Å². The zero-order chi connectivity index (χ0) is 18.4. The minimum absolute atomic E-state index is 0.209. The fraction of sp³-hybridized carbons (Fsp3) is 0.444. The molecule has 3 aromatic heterocycles. The standard InChI is InChI=1S/C18H19F2N7/c19-17(20)12-2-3-15-21-9-14(27(15)25-12)13-8-16(23-11-22-13)26-7-1-4-18(10-26)5-6-24-18/h2-3,8-9,11,17,24H,1,4-7,10H2. The van der Waals surface area contributed by atoms with Crippen molar-refractivity contribution in [1.82, 2.24) is 29.9 Å². The second kappa shape index (κ2) is 6.19. The average molecular weight is 371 g/mol. The van der Waals surface area contributed by atoms with Crippen molar-refractivity contribution in [3.05, 3.63) is 36.4 Å². The molecule has 3 aromatic rings. The van der Waals surface area contributed by atoms with Crippen molar-refractivity contribution in [3.63, 3.8) is 0 Å². The summed E-state index contributed by atoms with van der Waals surface area (Å²) in [6, 6.07) is 4.72. The molecule has 0 bridgehead atoms. The molecule has 1 N–H and O–H groups in total. The van der Waals surface area contributed by atoms with Crippen LogP contribution in [0.3, 0.4) is 0 Å². The second-order valence-corrected chi connectivity index (χ2v) is 7.22. The highest BCUT2D eigenvalue weighted by Gasteiger charge is 2.40. The van der Waals surface area contributed by atoms with Crippen molar-refractivity contribution in [2.45, 2.75) is 31.2 Å². The molecule has 2 aliphatic heterocycles. The molecule has 2 aliphatic rings. The van der Waals surface area contributed by atoms with Gasteiger partial charge in [-0.05, 0) is 37.9 Å². The molecular formula is C18H19F2N7. The summed E-state index contributed by atoms with van der Waals surface area (Å²) >= 11 is 0. The second-order valence-electron chi connectivity index (χ2n) is 7.22. The molecule has 27 heavy (non-hydrogen) atoms. The van der Waals surface area contributed by atoms with Crippen LogP contribution in [0.5, 0.6) is 0 Å². The van der Waals surface area contributed by atoms with E-state index in [1.165, 1.54) is 35.8 Å². The van der Waals surface area contributed by atoms with Crippen LogP contribution in [0.2, 0.25) is 0 Å². The molecule has 7 nitrogen and oxygen atoms in total. The van der Waals surface area contributed by atoms with E-state index in [0.717, 1.165) is 31.9 Å². The van der Waals surface area contributed by atoms with Gasteiger partial charge in [-0.1, -0.05) is 0 Å². The van der Waals surface area contributed by atoms with E-state index in [-0.39, 0.29) is 11.2 Å². The summed E-state index contributed by atoms with van der Waals surface area (Å²) in [6.07, 6.45) is 3.97. The molecular weight excluding hydrogens is 352 g/mol. The van der Waals surface area contributed by atoms with E-state index < -0.39 is 6.43 Å². The maximum atomic E-state index is 13.0. The van der Waals surface area contributed by atoms with Gasteiger partial charge in [0.25, 0.3) is 6.43 Å². The number of hydrogen-bond donors (Lipinski definition) is 1. The molecule has 0 amide bonds. The first-order valence-electron chi connectivity index (χ1n) is 9.09. The maximum Gasteiger partial charge on any atom is 0.282 e. The Morgan fingerprint density at radius 3 is 2.81 bits per heavy atom. The highest BCUT2D eigenvalue weighted by molar-refractivity contribution is 5.62. The molecule has 1 unspecified atom stereocenters. The predicted octanol–water partition coefficient (Wildman–Crippen LogP) is 2.46. The smallest absolute Gasteiger partial charge is 0.282 e. The van der Waals surface area contributed by atoms with E-state index in [2.05, 4.69) is 30.3 Å². The number of nitrogens with zero attached hydrogens (tertiary/aromatic N) is 6. The molecule has 5 heterocycles. The van der Waals surface area contributed by atoms with Gasteiger partial charge in [-0.25, -0.2) is 28.2 Å². The van der Waals surface area contributed by atoms with E-state index in [4.69, 9.17) is 0 Å². The van der Waals surface area contributed by atoms with Gasteiger partial charge in [-0.3, -0.25) is 0 Å². The number of fused-ring (bicyclic) bond motifs is 1. The highest BCUT2D eigenvalue weighted by Crippen LogP contribution is 2.32. The normalized spacial score (nSPS) is 22.6. The van der Waals surface area contributed by atoms with Gasteiger partial charge >= 0.3 is 0 Å². The summed E-state index contributed by atoms with van der Waals surface area (Å²) in [6.45, 7) is 2.94. The lowest BCUT2D eigenvalue weighted by Crippen LogP contribution is -2.65. The molecule has 9 heteroatoms. The van der Waals surface area contributed by atoms with Crippen molar-refractivity contribution in [2.75, 3.05) is 24.5 Å². The van der Waals surface area contributed by atoms with Gasteiger partial charge < -0.3 is 10.2 Å². The van der Waals surface area contributed by atoms with Crippen molar-refractivity contribution >= 4 is 11.5 Å². The third-order valence-corrected chi connectivity index (χ3v) is 5.53. The summed E-state index contributed by atoms with van der Waals surface area (Å²) < 4.78 is 27.5. The van der Waals surface area contributed by atoms with Crippen LogP contribution in [0.4, 0.5) is 14.6 Å². The van der Waals surface area contributed by atoms with Gasteiger partial charge in [0, 0.05) is 24.7 Å². The third-order valence-electron chi connectivity index (χ3n) is 5.53. The molecule has 5 rings (SSSR count). The Balaban J connectivity index is 1.50. The van der Waals surface area contributed by atoms with Crippen LogP contribution in [0.25, 0.3) is 17.0 Å². The van der Waals surface area contributed by atoms with Crippen molar-refractivity contribution in [1.29, 1.82) is 0 Å². The summed E-state index contributed by atoms with van der Waals surface area (Å²) in [5, 5.41) is 7.58. The summed E-state index contributed by atoms with van der Waals surface area (Å²) in [5.74, 6) is 0.840. The molecule has 0 aliphatic carbocycles. The van der Waals surface area contributed by atoms with Crippen LogP contribution in [0.15, 0.2) is 30.7 Å². The van der Waals surface area contributed by atoms with Crippen molar-refractivity contribution < 1.29 is 8.78 Å². The first-order valence-corrected chi connectivity index (χ1v) is 9.09. The number of rotatable bonds is 3. The highest BCUT2D eigenvalue weighted by atomic mass is 19.3. The number of piperidine rings is 1. The summed E-state index contributed by atoms with van der Waals surface area (Å²) in [7, 11) is 0. The van der Waals surface area contributed by atoms with Crippen LogP contribution in [0, 0.1) is 0 Å². The molecule has 140 valence electrons. The number of imidazole rings is 1. The molecule has 2 saturated heterocycles.